The molecule has 3 rings (SSSR count). The zero-order valence-electron chi connectivity index (χ0n) is 15.9. The van der Waals surface area contributed by atoms with Crippen molar-refractivity contribution < 1.29 is 13.3 Å². The Morgan fingerprint density at radius 3 is 2.70 bits per heavy atom. The van der Waals surface area contributed by atoms with Crippen molar-refractivity contribution in [2.24, 2.45) is 12.2 Å². The van der Waals surface area contributed by atoms with Crippen molar-refractivity contribution in [2.75, 3.05) is 0 Å². The molecule has 2 aromatic carbocycles. The van der Waals surface area contributed by atoms with Crippen LogP contribution in [0.25, 0.3) is 10.9 Å². The molecule has 0 aliphatic heterocycles. The molecule has 7 heteroatoms. The summed E-state index contributed by atoms with van der Waals surface area (Å²) in [5.74, 6) is 0.297. The van der Waals surface area contributed by atoms with Gasteiger partial charge in [-0.15, -0.1) is 0 Å². The number of hydrogen-bond donors (Lipinski definition) is 1. The summed E-state index contributed by atoms with van der Waals surface area (Å²) in [4.78, 5) is 0. The maximum absolute atomic E-state index is 14.6. The lowest BCUT2D eigenvalue weighted by molar-refractivity contribution is 0.441. The zero-order valence-corrected chi connectivity index (χ0v) is 16.7. The first kappa shape index (κ1) is 19.5. The van der Waals surface area contributed by atoms with Crippen LogP contribution in [-0.2, 0) is 18.0 Å². The summed E-state index contributed by atoms with van der Waals surface area (Å²) < 4.78 is 33.2. The highest BCUT2D eigenvalue weighted by molar-refractivity contribution is 7.84. The first-order valence-corrected chi connectivity index (χ1v) is 9.94. The molecule has 144 valence electrons. The van der Waals surface area contributed by atoms with Gasteiger partial charge in [0.05, 0.1) is 27.4 Å². The molecule has 0 bridgehead atoms. The van der Waals surface area contributed by atoms with Gasteiger partial charge >= 0.3 is 0 Å². The van der Waals surface area contributed by atoms with Crippen LogP contribution in [0.5, 0.6) is 11.5 Å². The highest BCUT2D eigenvalue weighted by Gasteiger charge is 2.27. The number of hydrogen-bond acceptors (Lipinski definition) is 3. The monoisotopic (exact) mass is 389 g/mol. The van der Waals surface area contributed by atoms with E-state index in [2.05, 4.69) is 5.10 Å². The highest BCUT2D eigenvalue weighted by atomic mass is 32.2. The summed E-state index contributed by atoms with van der Waals surface area (Å²) in [6.45, 7) is 5.67. The standard InChI is InChI=1S/C20H24FN3O2S/c1-13(11-20(2,3)27(22)25)14-5-8-19(17(21)10-14)26-16-6-7-18-15(9-16)12-23-24(18)4/h5-10,12-13H,11,22H2,1-4H3/t13-,27?/m0/s1. The molecule has 0 amide bonds. The van der Waals surface area contributed by atoms with Crippen molar-refractivity contribution in [1.29, 1.82) is 0 Å². The second-order valence-electron chi connectivity index (χ2n) is 7.44. The Kier molecular flexibility index (Phi) is 5.35. The maximum Gasteiger partial charge on any atom is 0.166 e. The van der Waals surface area contributed by atoms with Gasteiger partial charge in [0.2, 0.25) is 0 Å². The van der Waals surface area contributed by atoms with Crippen LogP contribution in [0.4, 0.5) is 4.39 Å². The molecule has 5 nitrogen and oxygen atoms in total. The maximum atomic E-state index is 14.6. The van der Waals surface area contributed by atoms with Crippen LogP contribution in [-0.4, -0.2) is 18.7 Å². The van der Waals surface area contributed by atoms with E-state index < -0.39 is 21.5 Å². The van der Waals surface area contributed by atoms with Crippen molar-refractivity contribution in [3.8, 4) is 11.5 Å². The molecule has 3 aromatic rings. The minimum absolute atomic E-state index is 0.0165. The van der Waals surface area contributed by atoms with Crippen molar-refractivity contribution in [1.82, 2.24) is 9.78 Å². The quantitative estimate of drug-likeness (QED) is 0.679. The van der Waals surface area contributed by atoms with Gasteiger partial charge in [-0.25, -0.2) is 8.60 Å². The average molecular weight is 389 g/mol. The smallest absolute Gasteiger partial charge is 0.166 e. The number of aryl methyl sites for hydroxylation is 1. The van der Waals surface area contributed by atoms with Crippen molar-refractivity contribution >= 4 is 21.9 Å². The predicted molar refractivity (Wildman–Crippen MR) is 107 cm³/mol. The third-order valence-electron chi connectivity index (χ3n) is 4.81. The van der Waals surface area contributed by atoms with Gasteiger partial charge in [-0.1, -0.05) is 13.0 Å². The van der Waals surface area contributed by atoms with Crippen LogP contribution < -0.4 is 9.88 Å². The van der Waals surface area contributed by atoms with E-state index in [0.717, 1.165) is 16.5 Å². The van der Waals surface area contributed by atoms with Gasteiger partial charge in [0.15, 0.2) is 11.6 Å². The van der Waals surface area contributed by atoms with Crippen molar-refractivity contribution in [2.45, 2.75) is 37.9 Å². The van der Waals surface area contributed by atoms with Crippen LogP contribution in [0.1, 0.15) is 38.7 Å². The molecule has 0 saturated carbocycles. The van der Waals surface area contributed by atoms with Crippen molar-refractivity contribution in [3.63, 3.8) is 0 Å². The lowest BCUT2D eigenvalue weighted by atomic mass is 9.91. The molecule has 1 aromatic heterocycles. The summed E-state index contributed by atoms with van der Waals surface area (Å²) in [5, 5.41) is 10.7. The largest absolute Gasteiger partial charge is 0.454 e. The molecule has 0 radical (unpaired) electrons. The van der Waals surface area contributed by atoms with Crippen LogP contribution in [0, 0.1) is 5.82 Å². The van der Waals surface area contributed by atoms with E-state index in [1.807, 2.05) is 46.0 Å². The Bertz CT molecular complexity index is 1000. The first-order valence-electron chi connectivity index (χ1n) is 8.73. The first-order chi connectivity index (χ1) is 12.7. The van der Waals surface area contributed by atoms with E-state index in [1.54, 1.807) is 23.0 Å². The zero-order chi connectivity index (χ0) is 19.8. The number of nitrogens with two attached hydrogens (primary N) is 1. The number of nitrogens with zero attached hydrogens (tertiary/aromatic N) is 2. The summed E-state index contributed by atoms with van der Waals surface area (Å²) >= 11 is 0. The topological polar surface area (TPSA) is 70.1 Å². The fourth-order valence-corrected chi connectivity index (χ4v) is 3.59. The van der Waals surface area contributed by atoms with Crippen molar-refractivity contribution in [3.05, 3.63) is 54.0 Å². The molecule has 27 heavy (non-hydrogen) atoms. The van der Waals surface area contributed by atoms with Crippen LogP contribution in [0.15, 0.2) is 42.6 Å². The Morgan fingerprint density at radius 2 is 2.04 bits per heavy atom. The third-order valence-corrected chi connectivity index (χ3v) is 6.07. The number of halogens is 1. The SMILES string of the molecule is C[C@@H](CC(C)(C)S(N)=O)c1ccc(Oc2ccc3c(cnn3C)c2)c(F)c1. The molecular weight excluding hydrogens is 365 g/mol. The van der Waals surface area contributed by atoms with Crippen LogP contribution in [0.3, 0.4) is 0 Å². The second-order valence-corrected chi connectivity index (χ2v) is 9.14. The Hall–Kier alpha value is -2.25. The summed E-state index contributed by atoms with van der Waals surface area (Å²) in [6.07, 6.45) is 2.33. The Balaban J connectivity index is 1.78. The van der Waals surface area contributed by atoms with Crippen LogP contribution in [0.2, 0.25) is 0 Å². The number of fused-ring (bicyclic) bond motifs is 1. The lowest BCUT2D eigenvalue weighted by Gasteiger charge is -2.25. The summed E-state index contributed by atoms with van der Waals surface area (Å²) in [6, 6.07) is 10.4. The molecule has 0 saturated heterocycles. The fourth-order valence-electron chi connectivity index (χ4n) is 3.18. The number of aromatic nitrogens is 2. The average Bonchev–Trinajstić information content (AvgIpc) is 2.96. The molecule has 0 aliphatic rings. The number of ether oxygens (including phenoxy) is 1. The van der Waals surface area contributed by atoms with E-state index >= 15 is 0 Å². The van der Waals surface area contributed by atoms with E-state index in [-0.39, 0.29) is 11.7 Å². The van der Waals surface area contributed by atoms with Gasteiger partial charge in [-0.3, -0.25) is 9.82 Å². The Labute approximate surface area is 160 Å². The molecule has 0 fully saturated rings. The lowest BCUT2D eigenvalue weighted by Crippen LogP contribution is -2.33. The minimum Gasteiger partial charge on any atom is -0.454 e. The van der Waals surface area contributed by atoms with Crippen LogP contribution >= 0.6 is 0 Å². The normalized spacial score (nSPS) is 14.3. The van der Waals surface area contributed by atoms with Gasteiger partial charge < -0.3 is 4.74 Å². The third kappa shape index (κ3) is 4.20. The van der Waals surface area contributed by atoms with E-state index in [4.69, 9.17) is 9.88 Å². The summed E-state index contributed by atoms with van der Waals surface area (Å²) in [5.41, 5.74) is 1.80. The molecule has 2 N–H and O–H groups in total. The molecule has 0 aliphatic carbocycles. The second kappa shape index (κ2) is 7.40. The predicted octanol–water partition coefficient (Wildman–Crippen LogP) is 4.40. The summed E-state index contributed by atoms with van der Waals surface area (Å²) in [7, 11) is 0.423. The molecular formula is C20H24FN3O2S. The Morgan fingerprint density at radius 1 is 1.30 bits per heavy atom. The van der Waals surface area contributed by atoms with Gasteiger partial charge in [0, 0.05) is 12.4 Å². The van der Waals surface area contributed by atoms with Gasteiger partial charge in [-0.05, 0) is 62.1 Å². The fraction of sp³-hybridized carbons (Fsp3) is 0.350. The molecule has 2 atom stereocenters. The molecule has 0 spiro atoms. The number of rotatable bonds is 6. The van der Waals surface area contributed by atoms with E-state index in [9.17, 15) is 8.60 Å². The van der Waals surface area contributed by atoms with Gasteiger partial charge in [0.25, 0.3) is 0 Å². The number of benzene rings is 2. The van der Waals surface area contributed by atoms with Gasteiger partial charge in [0.1, 0.15) is 5.75 Å². The van der Waals surface area contributed by atoms with E-state index in [1.165, 1.54) is 6.07 Å². The van der Waals surface area contributed by atoms with E-state index in [0.29, 0.717) is 12.2 Å². The molecule has 1 unspecified atom stereocenters. The minimum atomic E-state index is -1.44. The molecule has 1 heterocycles. The highest BCUT2D eigenvalue weighted by Crippen LogP contribution is 2.32. The van der Waals surface area contributed by atoms with Gasteiger partial charge in [-0.2, -0.15) is 5.10 Å².